The van der Waals surface area contributed by atoms with Crippen molar-refractivity contribution in [3.8, 4) is 0 Å². The third-order valence-corrected chi connectivity index (χ3v) is 2.43. The molecule has 0 radical (unpaired) electrons. The van der Waals surface area contributed by atoms with Gasteiger partial charge in [0.05, 0.1) is 6.04 Å². The highest BCUT2D eigenvalue weighted by Gasteiger charge is 2.14. The fraction of sp³-hybridized carbons (Fsp3) is 0.231. The zero-order chi connectivity index (χ0) is 12.3. The first-order valence-electron chi connectivity index (χ1n) is 5.45. The number of aromatic nitrogens is 1. The number of hydrogen-bond donors (Lipinski definition) is 1. The Morgan fingerprint density at radius 2 is 2.18 bits per heavy atom. The maximum atomic E-state index is 11.8. The molecule has 1 amide bonds. The number of nitrogens with zero attached hydrogens (tertiary/aromatic N) is 1. The molecule has 0 saturated carbocycles. The van der Waals surface area contributed by atoms with E-state index in [1.54, 1.807) is 24.4 Å². The normalized spacial score (nSPS) is 12.1. The number of hydrogen-bond acceptors (Lipinski definition) is 3. The summed E-state index contributed by atoms with van der Waals surface area (Å²) in [6.07, 6.45) is 1.59. The zero-order valence-electron chi connectivity index (χ0n) is 9.81. The lowest BCUT2D eigenvalue weighted by molar-refractivity contribution is 0.0930. The molecule has 1 unspecified atom stereocenters. The van der Waals surface area contributed by atoms with Crippen LogP contribution in [-0.4, -0.2) is 10.9 Å². The van der Waals surface area contributed by atoms with E-state index in [1.807, 2.05) is 26.0 Å². The fourth-order valence-electron chi connectivity index (χ4n) is 1.52. The van der Waals surface area contributed by atoms with Crippen molar-refractivity contribution in [1.82, 2.24) is 10.3 Å². The van der Waals surface area contributed by atoms with Gasteiger partial charge >= 0.3 is 0 Å². The first-order valence-corrected chi connectivity index (χ1v) is 5.45. The second-order valence-corrected chi connectivity index (χ2v) is 3.86. The monoisotopic (exact) mass is 230 g/mol. The summed E-state index contributed by atoms with van der Waals surface area (Å²) in [7, 11) is 0. The summed E-state index contributed by atoms with van der Waals surface area (Å²) >= 11 is 0. The van der Waals surface area contributed by atoms with Crippen LogP contribution in [0.2, 0.25) is 0 Å². The summed E-state index contributed by atoms with van der Waals surface area (Å²) in [6, 6.07) is 8.80. The van der Waals surface area contributed by atoms with E-state index in [-0.39, 0.29) is 11.9 Å². The number of carbonyl (C=O) groups excluding carboxylic acids is 1. The number of carbonyl (C=O) groups is 1. The van der Waals surface area contributed by atoms with Crippen molar-refractivity contribution in [1.29, 1.82) is 0 Å². The van der Waals surface area contributed by atoms with Crippen LogP contribution in [-0.2, 0) is 0 Å². The summed E-state index contributed by atoms with van der Waals surface area (Å²) in [5.74, 6) is 1.37. The number of aryl methyl sites for hydroxylation is 1. The van der Waals surface area contributed by atoms with E-state index in [4.69, 9.17) is 4.42 Å². The lowest BCUT2D eigenvalue weighted by atomic mass is 10.2. The van der Waals surface area contributed by atoms with Gasteiger partial charge in [-0.15, -0.1) is 0 Å². The van der Waals surface area contributed by atoms with E-state index in [9.17, 15) is 4.79 Å². The average Bonchev–Trinajstić information content (AvgIpc) is 2.77. The summed E-state index contributed by atoms with van der Waals surface area (Å²) in [4.78, 5) is 15.8. The van der Waals surface area contributed by atoms with Gasteiger partial charge in [-0.25, -0.2) is 0 Å². The summed E-state index contributed by atoms with van der Waals surface area (Å²) in [5.41, 5.74) is 0.405. The van der Waals surface area contributed by atoms with Crippen LogP contribution in [0, 0.1) is 6.92 Å². The first-order chi connectivity index (χ1) is 8.16. The van der Waals surface area contributed by atoms with Crippen LogP contribution < -0.4 is 5.32 Å². The largest absolute Gasteiger partial charge is 0.464 e. The predicted octanol–water partition coefficient (Wildman–Crippen LogP) is 2.47. The second-order valence-electron chi connectivity index (χ2n) is 3.86. The molecule has 2 heterocycles. The van der Waals surface area contributed by atoms with Crippen LogP contribution in [0.15, 0.2) is 40.9 Å². The van der Waals surface area contributed by atoms with Crippen LogP contribution in [0.4, 0.5) is 0 Å². The molecular weight excluding hydrogens is 216 g/mol. The Bertz CT molecular complexity index is 505. The van der Waals surface area contributed by atoms with E-state index in [2.05, 4.69) is 10.3 Å². The molecule has 0 bridgehead atoms. The zero-order valence-corrected chi connectivity index (χ0v) is 9.81. The van der Waals surface area contributed by atoms with Crippen molar-refractivity contribution in [2.24, 2.45) is 0 Å². The molecular formula is C13H14N2O2. The smallest absolute Gasteiger partial charge is 0.270 e. The first kappa shape index (κ1) is 11.4. The van der Waals surface area contributed by atoms with Gasteiger partial charge in [0.25, 0.3) is 5.91 Å². The molecule has 17 heavy (non-hydrogen) atoms. The Morgan fingerprint density at radius 3 is 2.76 bits per heavy atom. The molecule has 4 heteroatoms. The molecule has 0 saturated heterocycles. The van der Waals surface area contributed by atoms with Crippen LogP contribution in [0.5, 0.6) is 0 Å². The highest BCUT2D eigenvalue weighted by Crippen LogP contribution is 2.15. The van der Waals surface area contributed by atoms with Crippen molar-refractivity contribution >= 4 is 5.91 Å². The molecule has 2 rings (SSSR count). The number of furan rings is 1. The van der Waals surface area contributed by atoms with E-state index in [0.717, 1.165) is 11.5 Å². The van der Waals surface area contributed by atoms with Crippen LogP contribution in [0.1, 0.15) is 35.0 Å². The molecule has 2 aromatic heterocycles. The summed E-state index contributed by atoms with van der Waals surface area (Å²) < 4.78 is 5.45. The fourth-order valence-corrected chi connectivity index (χ4v) is 1.52. The molecule has 0 aliphatic heterocycles. The molecule has 0 fully saturated rings. The second kappa shape index (κ2) is 4.82. The van der Waals surface area contributed by atoms with Gasteiger partial charge in [-0.3, -0.25) is 9.78 Å². The highest BCUT2D eigenvalue weighted by atomic mass is 16.3. The van der Waals surface area contributed by atoms with E-state index in [1.165, 1.54) is 0 Å². The molecule has 1 N–H and O–H groups in total. The van der Waals surface area contributed by atoms with Gasteiger partial charge < -0.3 is 9.73 Å². The Morgan fingerprint density at radius 1 is 1.35 bits per heavy atom. The van der Waals surface area contributed by atoms with Crippen molar-refractivity contribution in [3.05, 3.63) is 53.7 Å². The summed E-state index contributed by atoms with van der Waals surface area (Å²) in [5, 5.41) is 2.83. The molecule has 4 nitrogen and oxygen atoms in total. The third kappa shape index (κ3) is 2.72. The number of nitrogens with one attached hydrogen (secondary N) is 1. The van der Waals surface area contributed by atoms with Crippen LogP contribution in [0.25, 0.3) is 0 Å². The minimum absolute atomic E-state index is 0.168. The molecule has 0 aliphatic rings. The lowest BCUT2D eigenvalue weighted by Crippen LogP contribution is -2.27. The van der Waals surface area contributed by atoms with Crippen molar-refractivity contribution in [3.63, 3.8) is 0 Å². The van der Waals surface area contributed by atoms with E-state index < -0.39 is 0 Å². The maximum Gasteiger partial charge on any atom is 0.270 e. The summed E-state index contributed by atoms with van der Waals surface area (Å²) in [6.45, 7) is 3.75. The van der Waals surface area contributed by atoms with Gasteiger partial charge in [-0.2, -0.15) is 0 Å². The lowest BCUT2D eigenvalue weighted by Gasteiger charge is -2.10. The van der Waals surface area contributed by atoms with Crippen molar-refractivity contribution in [2.45, 2.75) is 19.9 Å². The Labute approximate surface area is 99.7 Å². The Balaban J connectivity index is 2.04. The van der Waals surface area contributed by atoms with E-state index >= 15 is 0 Å². The van der Waals surface area contributed by atoms with E-state index in [0.29, 0.717) is 5.69 Å². The molecule has 0 aliphatic carbocycles. The predicted molar refractivity (Wildman–Crippen MR) is 63.6 cm³/mol. The van der Waals surface area contributed by atoms with Crippen molar-refractivity contribution < 1.29 is 9.21 Å². The van der Waals surface area contributed by atoms with Gasteiger partial charge in [0.2, 0.25) is 0 Å². The van der Waals surface area contributed by atoms with Crippen LogP contribution in [0.3, 0.4) is 0 Å². The molecule has 88 valence electrons. The highest BCUT2D eigenvalue weighted by molar-refractivity contribution is 5.92. The minimum atomic E-state index is -0.202. The van der Waals surface area contributed by atoms with Gasteiger partial charge in [0.15, 0.2) is 0 Å². The number of pyridine rings is 1. The SMILES string of the molecule is Cc1ccc(C(C)NC(=O)c2ccccn2)o1. The minimum Gasteiger partial charge on any atom is -0.464 e. The maximum absolute atomic E-state index is 11.8. The number of rotatable bonds is 3. The molecule has 0 spiro atoms. The van der Waals surface area contributed by atoms with Gasteiger partial charge in [-0.05, 0) is 38.1 Å². The van der Waals surface area contributed by atoms with Gasteiger partial charge in [-0.1, -0.05) is 6.07 Å². The molecule has 0 aromatic carbocycles. The number of amides is 1. The van der Waals surface area contributed by atoms with Gasteiger partial charge in [0, 0.05) is 6.20 Å². The van der Waals surface area contributed by atoms with Gasteiger partial charge in [0.1, 0.15) is 17.2 Å². The molecule has 1 atom stereocenters. The van der Waals surface area contributed by atoms with Crippen molar-refractivity contribution in [2.75, 3.05) is 0 Å². The topological polar surface area (TPSA) is 55.1 Å². The Hall–Kier alpha value is -2.10. The standard InChI is InChI=1S/C13H14N2O2/c1-9-6-7-12(17-9)10(2)15-13(16)11-5-3-4-8-14-11/h3-8,10H,1-2H3,(H,15,16). The average molecular weight is 230 g/mol. The Kier molecular flexibility index (Phi) is 3.23. The van der Waals surface area contributed by atoms with Crippen LogP contribution >= 0.6 is 0 Å². The molecule has 2 aromatic rings. The quantitative estimate of drug-likeness (QED) is 0.881. The third-order valence-electron chi connectivity index (χ3n) is 2.43.